The van der Waals surface area contributed by atoms with Gasteiger partial charge in [0.15, 0.2) is 5.16 Å². The highest BCUT2D eigenvalue weighted by Gasteiger charge is 2.07. The van der Waals surface area contributed by atoms with Crippen LogP contribution >= 0.6 is 24.2 Å². The SMILES string of the molecule is C=CCc1ccccc1OCCSc1nc2ccccc2n1C.Cl. The average molecular weight is 361 g/mol. The van der Waals surface area contributed by atoms with E-state index in [1.54, 1.807) is 11.8 Å². The van der Waals surface area contributed by atoms with Gasteiger partial charge in [0, 0.05) is 12.8 Å². The van der Waals surface area contributed by atoms with Crippen molar-refractivity contribution >= 4 is 35.2 Å². The first kappa shape index (κ1) is 18.4. The van der Waals surface area contributed by atoms with E-state index in [1.165, 1.54) is 5.56 Å². The molecule has 0 amide bonds. The smallest absolute Gasteiger partial charge is 0.168 e. The normalized spacial score (nSPS) is 10.4. The van der Waals surface area contributed by atoms with Crippen molar-refractivity contribution in [2.24, 2.45) is 7.05 Å². The summed E-state index contributed by atoms with van der Waals surface area (Å²) < 4.78 is 8.05. The molecular weight excluding hydrogens is 340 g/mol. The molecule has 0 radical (unpaired) electrons. The Hall–Kier alpha value is -1.91. The summed E-state index contributed by atoms with van der Waals surface area (Å²) in [5.74, 6) is 1.80. The molecule has 0 N–H and O–H groups in total. The molecule has 0 saturated heterocycles. The first-order valence-electron chi connectivity index (χ1n) is 7.65. The van der Waals surface area contributed by atoms with Crippen molar-refractivity contribution in [1.29, 1.82) is 0 Å². The molecule has 3 aromatic rings. The van der Waals surface area contributed by atoms with Crippen molar-refractivity contribution < 1.29 is 4.74 Å². The van der Waals surface area contributed by atoms with Gasteiger partial charge in [0.25, 0.3) is 0 Å². The molecule has 126 valence electrons. The summed E-state index contributed by atoms with van der Waals surface area (Å²) in [6.07, 6.45) is 2.73. The lowest BCUT2D eigenvalue weighted by atomic mass is 10.1. The Morgan fingerprint density at radius 3 is 2.71 bits per heavy atom. The molecule has 1 heterocycles. The zero-order valence-electron chi connectivity index (χ0n) is 13.6. The number of aromatic nitrogens is 2. The van der Waals surface area contributed by atoms with Gasteiger partial charge >= 0.3 is 0 Å². The molecule has 3 rings (SSSR count). The van der Waals surface area contributed by atoms with Crippen LogP contribution in [0.5, 0.6) is 5.75 Å². The zero-order chi connectivity index (χ0) is 16.1. The molecule has 0 atom stereocenters. The van der Waals surface area contributed by atoms with Gasteiger partial charge in [0.2, 0.25) is 0 Å². The molecule has 0 aliphatic heterocycles. The van der Waals surface area contributed by atoms with Crippen molar-refractivity contribution in [2.45, 2.75) is 11.6 Å². The maximum atomic E-state index is 5.92. The third-order valence-corrected chi connectivity index (χ3v) is 4.65. The molecule has 5 heteroatoms. The third kappa shape index (κ3) is 4.13. The number of benzene rings is 2. The van der Waals surface area contributed by atoms with Crippen LogP contribution in [-0.2, 0) is 13.5 Å². The van der Waals surface area contributed by atoms with Crippen LogP contribution in [-0.4, -0.2) is 21.9 Å². The molecule has 24 heavy (non-hydrogen) atoms. The summed E-state index contributed by atoms with van der Waals surface area (Å²) in [6, 6.07) is 16.3. The van der Waals surface area contributed by atoms with Crippen molar-refractivity contribution in [3.63, 3.8) is 0 Å². The van der Waals surface area contributed by atoms with E-state index < -0.39 is 0 Å². The van der Waals surface area contributed by atoms with Crippen LogP contribution in [0, 0.1) is 0 Å². The number of aryl methyl sites for hydroxylation is 1. The number of para-hydroxylation sites is 3. The molecule has 0 unspecified atom stereocenters. The third-order valence-electron chi connectivity index (χ3n) is 3.66. The number of hydrogen-bond acceptors (Lipinski definition) is 3. The van der Waals surface area contributed by atoms with Gasteiger partial charge in [0.05, 0.1) is 17.6 Å². The number of fused-ring (bicyclic) bond motifs is 1. The van der Waals surface area contributed by atoms with E-state index in [-0.39, 0.29) is 12.4 Å². The second-order valence-corrected chi connectivity index (χ2v) is 6.30. The number of ether oxygens (including phenoxy) is 1. The highest BCUT2D eigenvalue weighted by Crippen LogP contribution is 2.23. The second-order valence-electron chi connectivity index (χ2n) is 5.24. The fourth-order valence-corrected chi connectivity index (χ4v) is 3.31. The number of imidazole rings is 1. The van der Waals surface area contributed by atoms with Gasteiger partial charge in [-0.15, -0.1) is 19.0 Å². The van der Waals surface area contributed by atoms with Crippen molar-refractivity contribution in [2.75, 3.05) is 12.4 Å². The van der Waals surface area contributed by atoms with Gasteiger partial charge in [-0.05, 0) is 30.2 Å². The first-order chi connectivity index (χ1) is 11.3. The second kappa shape index (κ2) is 8.81. The van der Waals surface area contributed by atoms with Gasteiger partial charge in [-0.3, -0.25) is 0 Å². The number of allylic oxidation sites excluding steroid dienone is 1. The van der Waals surface area contributed by atoms with Crippen LogP contribution in [0.1, 0.15) is 5.56 Å². The Balaban J connectivity index is 0.00000208. The number of hydrogen-bond donors (Lipinski definition) is 0. The van der Waals surface area contributed by atoms with Crippen LogP contribution in [0.25, 0.3) is 11.0 Å². The van der Waals surface area contributed by atoms with Crippen LogP contribution in [0.2, 0.25) is 0 Å². The minimum atomic E-state index is 0. The maximum absolute atomic E-state index is 5.92. The minimum Gasteiger partial charge on any atom is -0.492 e. The quantitative estimate of drug-likeness (QED) is 0.341. The predicted octanol–water partition coefficient (Wildman–Crippen LogP) is 4.89. The summed E-state index contributed by atoms with van der Waals surface area (Å²) in [7, 11) is 2.05. The van der Waals surface area contributed by atoms with Gasteiger partial charge < -0.3 is 9.30 Å². The molecule has 1 aromatic heterocycles. The molecule has 2 aromatic carbocycles. The average Bonchev–Trinajstić information content (AvgIpc) is 2.90. The van der Waals surface area contributed by atoms with E-state index in [1.807, 2.05) is 42.5 Å². The van der Waals surface area contributed by atoms with Crippen molar-refractivity contribution in [3.05, 3.63) is 66.7 Å². The fourth-order valence-electron chi connectivity index (χ4n) is 2.51. The van der Waals surface area contributed by atoms with E-state index in [9.17, 15) is 0 Å². The lowest BCUT2D eigenvalue weighted by Crippen LogP contribution is -2.03. The first-order valence-corrected chi connectivity index (χ1v) is 8.64. The zero-order valence-corrected chi connectivity index (χ0v) is 15.3. The van der Waals surface area contributed by atoms with Crippen molar-refractivity contribution in [3.8, 4) is 5.75 Å². The summed E-state index contributed by atoms with van der Waals surface area (Å²) in [5.41, 5.74) is 3.37. The molecule has 0 fully saturated rings. The summed E-state index contributed by atoms with van der Waals surface area (Å²) in [5, 5.41) is 1.02. The molecule has 0 saturated carbocycles. The minimum absolute atomic E-state index is 0. The van der Waals surface area contributed by atoms with E-state index >= 15 is 0 Å². The van der Waals surface area contributed by atoms with E-state index in [4.69, 9.17) is 4.74 Å². The van der Waals surface area contributed by atoms with Crippen LogP contribution < -0.4 is 4.74 Å². The highest BCUT2D eigenvalue weighted by atomic mass is 35.5. The maximum Gasteiger partial charge on any atom is 0.168 e. The van der Waals surface area contributed by atoms with Gasteiger partial charge in [-0.2, -0.15) is 0 Å². The molecule has 0 aliphatic rings. The largest absolute Gasteiger partial charge is 0.492 e. The molecular formula is C19H21ClN2OS. The Morgan fingerprint density at radius 1 is 1.17 bits per heavy atom. The molecule has 0 spiro atoms. The Morgan fingerprint density at radius 2 is 1.92 bits per heavy atom. The lowest BCUT2D eigenvalue weighted by Gasteiger charge is -2.10. The Labute approximate surface area is 153 Å². The van der Waals surface area contributed by atoms with Crippen molar-refractivity contribution in [1.82, 2.24) is 9.55 Å². The molecule has 3 nitrogen and oxygen atoms in total. The van der Waals surface area contributed by atoms with Crippen LogP contribution in [0.4, 0.5) is 0 Å². The van der Waals surface area contributed by atoms with Crippen LogP contribution in [0.3, 0.4) is 0 Å². The predicted molar refractivity (Wildman–Crippen MR) is 105 cm³/mol. The monoisotopic (exact) mass is 360 g/mol. The standard InChI is InChI=1S/C19H20N2OS.ClH/c1-3-8-15-9-4-7-12-18(15)22-13-14-23-19-20-16-10-5-6-11-17(16)21(19)2;/h3-7,9-12H,1,8,13-14H2,2H3;1H. The summed E-state index contributed by atoms with van der Waals surface area (Å²) in [4.78, 5) is 4.66. The van der Waals surface area contributed by atoms with E-state index in [2.05, 4.69) is 35.3 Å². The molecule has 0 aliphatic carbocycles. The molecule has 0 bridgehead atoms. The fraction of sp³-hybridized carbons (Fsp3) is 0.211. The Bertz CT molecular complexity index is 816. The highest BCUT2D eigenvalue weighted by molar-refractivity contribution is 7.99. The van der Waals surface area contributed by atoms with Gasteiger partial charge in [-0.1, -0.05) is 48.2 Å². The topological polar surface area (TPSA) is 27.1 Å². The van der Waals surface area contributed by atoms with E-state index in [0.717, 1.165) is 34.1 Å². The number of halogens is 1. The number of thioether (sulfide) groups is 1. The summed E-state index contributed by atoms with van der Waals surface area (Å²) >= 11 is 1.72. The number of rotatable bonds is 7. The van der Waals surface area contributed by atoms with Gasteiger partial charge in [0.1, 0.15) is 5.75 Å². The summed E-state index contributed by atoms with van der Waals surface area (Å²) in [6.45, 7) is 4.45. The van der Waals surface area contributed by atoms with E-state index in [0.29, 0.717) is 6.61 Å². The Kier molecular flexibility index (Phi) is 6.76. The van der Waals surface area contributed by atoms with Gasteiger partial charge in [-0.25, -0.2) is 4.98 Å². The number of nitrogens with zero attached hydrogens (tertiary/aromatic N) is 2. The van der Waals surface area contributed by atoms with Crippen LogP contribution in [0.15, 0.2) is 66.3 Å². The lowest BCUT2D eigenvalue weighted by molar-refractivity contribution is 0.341.